The normalized spacial score (nSPS) is 28.2. The zero-order chi connectivity index (χ0) is 14.5. The van der Waals surface area contributed by atoms with Crippen LogP contribution in [0.1, 0.15) is 44.6 Å². The second-order valence-electron chi connectivity index (χ2n) is 7.05. The first-order chi connectivity index (χ1) is 10.3. The molecule has 2 fully saturated rings. The summed E-state index contributed by atoms with van der Waals surface area (Å²) in [7, 11) is 0. The zero-order valence-corrected chi connectivity index (χ0v) is 14.2. The molecular weight excluding hydrogens is 276 g/mol. The summed E-state index contributed by atoms with van der Waals surface area (Å²) in [6.07, 6.45) is 8.45. The van der Waals surface area contributed by atoms with Gasteiger partial charge in [-0.15, -0.1) is 0 Å². The summed E-state index contributed by atoms with van der Waals surface area (Å²) in [5, 5.41) is 8.44. The van der Waals surface area contributed by atoms with E-state index >= 15 is 0 Å². The molecule has 0 amide bonds. The summed E-state index contributed by atoms with van der Waals surface area (Å²) < 4.78 is 0. The number of likely N-dealkylation sites (N-methyl/N-ethyl adjacent to an activating group) is 1. The van der Waals surface area contributed by atoms with Crippen molar-refractivity contribution in [2.45, 2.75) is 51.5 Å². The van der Waals surface area contributed by atoms with Crippen LogP contribution in [-0.2, 0) is 6.42 Å². The molecule has 1 saturated carbocycles. The van der Waals surface area contributed by atoms with Gasteiger partial charge >= 0.3 is 0 Å². The first-order valence-electron chi connectivity index (χ1n) is 8.80. The quantitative estimate of drug-likeness (QED) is 0.860. The minimum Gasteiger partial charge on any atom is -0.312 e. The van der Waals surface area contributed by atoms with E-state index < -0.39 is 0 Å². The van der Waals surface area contributed by atoms with Gasteiger partial charge in [0.2, 0.25) is 0 Å². The Morgan fingerprint density at radius 3 is 2.81 bits per heavy atom. The summed E-state index contributed by atoms with van der Waals surface area (Å²) in [6.45, 7) is 7.30. The number of piperidine rings is 1. The second-order valence-corrected chi connectivity index (χ2v) is 7.83. The van der Waals surface area contributed by atoms with Crippen molar-refractivity contribution in [3.8, 4) is 0 Å². The van der Waals surface area contributed by atoms with Gasteiger partial charge in [-0.2, -0.15) is 11.3 Å². The van der Waals surface area contributed by atoms with Gasteiger partial charge in [-0.1, -0.05) is 19.8 Å². The van der Waals surface area contributed by atoms with Crippen LogP contribution in [0.5, 0.6) is 0 Å². The molecule has 1 N–H and O–H groups in total. The van der Waals surface area contributed by atoms with E-state index in [1.54, 1.807) is 0 Å². The highest BCUT2D eigenvalue weighted by Gasteiger charge is 2.27. The van der Waals surface area contributed by atoms with Crippen LogP contribution in [0.15, 0.2) is 16.8 Å². The van der Waals surface area contributed by atoms with E-state index in [1.807, 2.05) is 11.3 Å². The Hall–Kier alpha value is -0.380. The molecule has 3 rings (SSSR count). The fraction of sp³-hybridized carbons (Fsp3) is 0.778. The molecule has 2 atom stereocenters. The molecule has 0 aromatic carbocycles. The molecule has 118 valence electrons. The summed E-state index contributed by atoms with van der Waals surface area (Å²) >= 11 is 1.83. The van der Waals surface area contributed by atoms with Crippen molar-refractivity contribution in [1.29, 1.82) is 0 Å². The van der Waals surface area contributed by atoms with Gasteiger partial charge in [0.05, 0.1) is 0 Å². The van der Waals surface area contributed by atoms with Crippen molar-refractivity contribution in [2.24, 2.45) is 11.8 Å². The predicted octanol–water partition coefficient (Wildman–Crippen LogP) is 3.78. The number of hydrogen-bond acceptors (Lipinski definition) is 3. The van der Waals surface area contributed by atoms with Gasteiger partial charge in [0.25, 0.3) is 0 Å². The Bertz CT molecular complexity index is 397. The average Bonchev–Trinajstić information content (AvgIpc) is 3.18. The molecule has 21 heavy (non-hydrogen) atoms. The Balaban J connectivity index is 1.50. The molecule has 1 saturated heterocycles. The van der Waals surface area contributed by atoms with Crippen molar-refractivity contribution in [3.05, 3.63) is 22.4 Å². The maximum Gasteiger partial charge on any atom is 0.0198 e. The molecule has 3 heteroatoms. The van der Waals surface area contributed by atoms with Crippen LogP contribution < -0.4 is 5.32 Å². The molecule has 0 radical (unpaired) electrons. The predicted molar refractivity (Wildman–Crippen MR) is 92.0 cm³/mol. The highest BCUT2D eigenvalue weighted by Crippen LogP contribution is 2.26. The third-order valence-electron chi connectivity index (χ3n) is 5.33. The van der Waals surface area contributed by atoms with Gasteiger partial charge in [-0.05, 0) is 73.0 Å². The van der Waals surface area contributed by atoms with Crippen molar-refractivity contribution >= 4 is 11.3 Å². The summed E-state index contributed by atoms with van der Waals surface area (Å²) in [4.78, 5) is 2.65. The third kappa shape index (κ3) is 4.54. The summed E-state index contributed by atoms with van der Waals surface area (Å²) in [6, 6.07) is 3.01. The van der Waals surface area contributed by atoms with Crippen LogP contribution in [0.2, 0.25) is 0 Å². The van der Waals surface area contributed by atoms with E-state index in [4.69, 9.17) is 0 Å². The fourth-order valence-corrected chi connectivity index (χ4v) is 4.83. The van der Waals surface area contributed by atoms with Gasteiger partial charge in [0, 0.05) is 19.1 Å². The monoisotopic (exact) mass is 306 g/mol. The lowest BCUT2D eigenvalue weighted by Crippen LogP contribution is -2.50. The molecule has 1 aliphatic carbocycles. The Morgan fingerprint density at radius 2 is 2.10 bits per heavy atom. The highest BCUT2D eigenvalue weighted by atomic mass is 32.1. The summed E-state index contributed by atoms with van der Waals surface area (Å²) in [5.74, 6) is 1.78. The largest absolute Gasteiger partial charge is 0.312 e. The standard InChI is InChI=1S/C18H30N2S/c1-2-20-12-17(9-16-7-8-21-14-16)10-18(13-20)19-11-15-5-3-4-6-15/h7-8,14-15,17-19H,2-6,9-13H2,1H3. The van der Waals surface area contributed by atoms with E-state index in [0.29, 0.717) is 6.04 Å². The summed E-state index contributed by atoms with van der Waals surface area (Å²) in [5.41, 5.74) is 1.54. The SMILES string of the molecule is CCN1CC(Cc2ccsc2)CC(NCC2CCCC2)C1. The molecular formula is C18H30N2S. The van der Waals surface area contributed by atoms with Gasteiger partial charge in [0.15, 0.2) is 0 Å². The number of hydrogen-bond donors (Lipinski definition) is 1. The molecule has 1 aromatic heterocycles. The van der Waals surface area contributed by atoms with Gasteiger partial charge in [0.1, 0.15) is 0 Å². The van der Waals surface area contributed by atoms with Crippen molar-refractivity contribution < 1.29 is 0 Å². The third-order valence-corrected chi connectivity index (χ3v) is 6.07. The maximum atomic E-state index is 3.90. The Kier molecular flexibility index (Phi) is 5.73. The molecule has 2 heterocycles. The van der Waals surface area contributed by atoms with E-state index in [-0.39, 0.29) is 0 Å². The van der Waals surface area contributed by atoms with Gasteiger partial charge in [-0.25, -0.2) is 0 Å². The van der Waals surface area contributed by atoms with Crippen LogP contribution in [0.4, 0.5) is 0 Å². The maximum absolute atomic E-state index is 3.90. The number of nitrogens with zero attached hydrogens (tertiary/aromatic N) is 1. The van der Waals surface area contributed by atoms with Crippen LogP contribution in [0.3, 0.4) is 0 Å². The molecule has 2 nitrogen and oxygen atoms in total. The van der Waals surface area contributed by atoms with E-state index in [2.05, 4.69) is 34.0 Å². The number of rotatable bonds is 6. The first kappa shape index (κ1) is 15.5. The van der Waals surface area contributed by atoms with Crippen LogP contribution in [-0.4, -0.2) is 37.1 Å². The molecule has 1 aliphatic heterocycles. The fourth-order valence-electron chi connectivity index (χ4n) is 4.15. The van der Waals surface area contributed by atoms with Crippen molar-refractivity contribution in [2.75, 3.05) is 26.2 Å². The number of nitrogens with one attached hydrogen (secondary N) is 1. The Labute approximate surface area is 133 Å². The van der Waals surface area contributed by atoms with Gasteiger partial charge in [-0.3, -0.25) is 0 Å². The van der Waals surface area contributed by atoms with E-state index in [1.165, 1.54) is 70.3 Å². The minimum atomic E-state index is 0.711. The molecule has 0 bridgehead atoms. The van der Waals surface area contributed by atoms with Gasteiger partial charge < -0.3 is 10.2 Å². The van der Waals surface area contributed by atoms with E-state index in [9.17, 15) is 0 Å². The smallest absolute Gasteiger partial charge is 0.0198 e. The zero-order valence-electron chi connectivity index (χ0n) is 13.4. The van der Waals surface area contributed by atoms with E-state index in [0.717, 1.165) is 11.8 Å². The number of thiophene rings is 1. The lowest BCUT2D eigenvalue weighted by molar-refractivity contribution is 0.144. The molecule has 0 spiro atoms. The minimum absolute atomic E-state index is 0.711. The molecule has 1 aromatic rings. The molecule has 2 unspecified atom stereocenters. The van der Waals surface area contributed by atoms with Crippen LogP contribution in [0, 0.1) is 11.8 Å². The van der Waals surface area contributed by atoms with Crippen molar-refractivity contribution in [1.82, 2.24) is 10.2 Å². The van der Waals surface area contributed by atoms with Crippen LogP contribution >= 0.6 is 11.3 Å². The average molecular weight is 307 g/mol. The highest BCUT2D eigenvalue weighted by molar-refractivity contribution is 7.07. The lowest BCUT2D eigenvalue weighted by atomic mass is 9.89. The first-order valence-corrected chi connectivity index (χ1v) is 9.74. The number of likely N-dealkylation sites (tertiary alicyclic amines) is 1. The lowest BCUT2D eigenvalue weighted by Gasteiger charge is -2.38. The van der Waals surface area contributed by atoms with Crippen LogP contribution in [0.25, 0.3) is 0 Å². The second kappa shape index (κ2) is 7.75. The Morgan fingerprint density at radius 1 is 1.24 bits per heavy atom. The van der Waals surface area contributed by atoms with Crippen molar-refractivity contribution in [3.63, 3.8) is 0 Å². The molecule has 2 aliphatic rings. The topological polar surface area (TPSA) is 15.3 Å².